The largest absolute Gasteiger partial charge is 0.497 e. The van der Waals surface area contributed by atoms with Crippen LogP contribution in [0.15, 0.2) is 48.5 Å². The summed E-state index contributed by atoms with van der Waals surface area (Å²) in [5.74, 6) is 1.09. The molecule has 0 saturated heterocycles. The minimum atomic E-state index is -1.18. The van der Waals surface area contributed by atoms with Crippen molar-refractivity contribution < 1.29 is 19.1 Å². The van der Waals surface area contributed by atoms with E-state index in [-0.39, 0.29) is 12.5 Å². The van der Waals surface area contributed by atoms with Gasteiger partial charge in [-0.1, -0.05) is 18.2 Å². The first-order valence-electron chi connectivity index (χ1n) is 7.14. The topological polar surface area (TPSA) is 74.0 Å². The molecular formula is C17H18N2O4. The molecule has 0 fully saturated rings. The SMILES string of the molecule is COc1ccc(OCC2(N)c3ccccc3C(=O)N2OC)cc1. The van der Waals surface area contributed by atoms with Crippen LogP contribution in [0, 0.1) is 0 Å². The summed E-state index contributed by atoms with van der Waals surface area (Å²) in [6.07, 6.45) is 0. The molecule has 0 aliphatic carbocycles. The van der Waals surface area contributed by atoms with Gasteiger partial charge in [0, 0.05) is 11.1 Å². The van der Waals surface area contributed by atoms with E-state index in [0.717, 1.165) is 10.8 Å². The van der Waals surface area contributed by atoms with E-state index in [0.29, 0.717) is 16.9 Å². The molecular weight excluding hydrogens is 296 g/mol. The number of fused-ring (bicyclic) bond motifs is 1. The zero-order valence-electron chi connectivity index (χ0n) is 13.0. The number of carbonyl (C=O) groups is 1. The van der Waals surface area contributed by atoms with E-state index in [4.69, 9.17) is 20.0 Å². The Morgan fingerprint density at radius 1 is 1.04 bits per heavy atom. The molecule has 23 heavy (non-hydrogen) atoms. The second-order valence-electron chi connectivity index (χ2n) is 5.22. The highest BCUT2D eigenvalue weighted by molar-refractivity contribution is 5.99. The van der Waals surface area contributed by atoms with Gasteiger partial charge in [0.05, 0.1) is 14.2 Å². The van der Waals surface area contributed by atoms with E-state index in [1.807, 2.05) is 12.1 Å². The summed E-state index contributed by atoms with van der Waals surface area (Å²) in [5.41, 5.74) is 6.48. The maximum Gasteiger partial charge on any atom is 0.280 e. The first-order valence-corrected chi connectivity index (χ1v) is 7.14. The average molecular weight is 314 g/mol. The Morgan fingerprint density at radius 2 is 1.70 bits per heavy atom. The molecule has 0 bridgehead atoms. The first kappa shape index (κ1) is 15.3. The fourth-order valence-electron chi connectivity index (χ4n) is 2.69. The summed E-state index contributed by atoms with van der Waals surface area (Å²) in [4.78, 5) is 17.6. The van der Waals surface area contributed by atoms with Gasteiger partial charge in [0.25, 0.3) is 5.91 Å². The molecule has 1 unspecified atom stereocenters. The first-order chi connectivity index (χ1) is 11.1. The van der Waals surface area contributed by atoms with E-state index < -0.39 is 5.66 Å². The molecule has 120 valence electrons. The van der Waals surface area contributed by atoms with E-state index in [9.17, 15) is 4.79 Å². The van der Waals surface area contributed by atoms with Crippen LogP contribution in [0.1, 0.15) is 15.9 Å². The summed E-state index contributed by atoms with van der Waals surface area (Å²) in [5, 5.41) is 1.15. The van der Waals surface area contributed by atoms with Crippen molar-refractivity contribution in [3.05, 3.63) is 59.7 Å². The molecule has 3 rings (SSSR count). The lowest BCUT2D eigenvalue weighted by Crippen LogP contribution is -2.54. The third-order valence-corrected chi connectivity index (χ3v) is 3.87. The van der Waals surface area contributed by atoms with E-state index in [1.165, 1.54) is 7.11 Å². The lowest BCUT2D eigenvalue weighted by molar-refractivity contribution is -0.167. The number of amides is 1. The Balaban J connectivity index is 1.85. The van der Waals surface area contributed by atoms with Crippen LogP contribution in [0.3, 0.4) is 0 Å². The van der Waals surface area contributed by atoms with Gasteiger partial charge in [-0.3, -0.25) is 15.4 Å². The number of nitrogens with two attached hydrogens (primary N) is 1. The molecule has 2 N–H and O–H groups in total. The normalized spacial score (nSPS) is 19.6. The maximum absolute atomic E-state index is 12.4. The Kier molecular flexibility index (Phi) is 3.94. The Bertz CT molecular complexity index is 717. The van der Waals surface area contributed by atoms with Crippen molar-refractivity contribution in [2.45, 2.75) is 5.66 Å². The fraction of sp³-hybridized carbons (Fsp3) is 0.235. The van der Waals surface area contributed by atoms with Crippen LogP contribution in [0.5, 0.6) is 11.5 Å². The maximum atomic E-state index is 12.4. The van der Waals surface area contributed by atoms with Gasteiger partial charge in [-0.15, -0.1) is 0 Å². The van der Waals surface area contributed by atoms with Crippen molar-refractivity contribution in [2.24, 2.45) is 5.73 Å². The zero-order valence-corrected chi connectivity index (χ0v) is 13.0. The zero-order chi connectivity index (χ0) is 16.4. The molecule has 1 aliphatic rings. The molecule has 0 spiro atoms. The third kappa shape index (κ3) is 2.52. The van der Waals surface area contributed by atoms with Gasteiger partial charge in [-0.25, -0.2) is 0 Å². The van der Waals surface area contributed by atoms with Crippen LogP contribution in [0.25, 0.3) is 0 Å². The summed E-state index contributed by atoms with van der Waals surface area (Å²) >= 11 is 0. The van der Waals surface area contributed by atoms with E-state index >= 15 is 0 Å². The van der Waals surface area contributed by atoms with Crippen molar-refractivity contribution in [3.8, 4) is 11.5 Å². The summed E-state index contributed by atoms with van der Waals surface area (Å²) in [6.45, 7) is 0.0654. The predicted octanol–water partition coefficient (Wildman–Crippen LogP) is 1.90. The van der Waals surface area contributed by atoms with Crippen molar-refractivity contribution in [1.82, 2.24) is 5.06 Å². The number of hydroxylamine groups is 2. The Hall–Kier alpha value is -2.57. The second kappa shape index (κ2) is 5.91. The molecule has 0 radical (unpaired) electrons. The number of hydrogen-bond acceptors (Lipinski definition) is 5. The quantitative estimate of drug-likeness (QED) is 0.912. The molecule has 0 saturated carbocycles. The van der Waals surface area contributed by atoms with Gasteiger partial charge >= 0.3 is 0 Å². The summed E-state index contributed by atoms with van der Waals surface area (Å²) < 4.78 is 10.9. The third-order valence-electron chi connectivity index (χ3n) is 3.87. The van der Waals surface area contributed by atoms with Crippen LogP contribution in [-0.2, 0) is 10.5 Å². The van der Waals surface area contributed by atoms with Gasteiger partial charge < -0.3 is 9.47 Å². The minimum Gasteiger partial charge on any atom is -0.497 e. The Labute approximate surface area is 134 Å². The monoisotopic (exact) mass is 314 g/mol. The number of carbonyl (C=O) groups excluding carboxylic acids is 1. The molecule has 1 aliphatic heterocycles. The van der Waals surface area contributed by atoms with Crippen molar-refractivity contribution in [3.63, 3.8) is 0 Å². The van der Waals surface area contributed by atoms with Gasteiger partial charge in [0.15, 0.2) is 5.66 Å². The summed E-state index contributed by atoms with van der Waals surface area (Å²) in [6, 6.07) is 14.3. The predicted molar refractivity (Wildman–Crippen MR) is 84.0 cm³/mol. The number of methoxy groups -OCH3 is 1. The van der Waals surface area contributed by atoms with Crippen molar-refractivity contribution in [1.29, 1.82) is 0 Å². The highest BCUT2D eigenvalue weighted by Crippen LogP contribution is 2.35. The van der Waals surface area contributed by atoms with Crippen molar-refractivity contribution >= 4 is 5.91 Å². The highest BCUT2D eigenvalue weighted by Gasteiger charge is 2.48. The molecule has 1 atom stereocenters. The fourth-order valence-corrected chi connectivity index (χ4v) is 2.69. The van der Waals surface area contributed by atoms with Gasteiger partial charge in [-0.2, -0.15) is 5.06 Å². The smallest absolute Gasteiger partial charge is 0.280 e. The molecule has 6 heteroatoms. The number of rotatable bonds is 5. The van der Waals surface area contributed by atoms with Crippen molar-refractivity contribution in [2.75, 3.05) is 20.8 Å². The average Bonchev–Trinajstić information content (AvgIpc) is 2.81. The summed E-state index contributed by atoms with van der Waals surface area (Å²) in [7, 11) is 3.01. The molecule has 1 amide bonds. The van der Waals surface area contributed by atoms with Crippen LogP contribution in [0.4, 0.5) is 0 Å². The lowest BCUT2D eigenvalue weighted by Gasteiger charge is -2.32. The highest BCUT2D eigenvalue weighted by atomic mass is 16.7. The second-order valence-corrected chi connectivity index (χ2v) is 5.22. The molecule has 2 aromatic rings. The number of nitrogens with zero attached hydrogens (tertiary/aromatic N) is 1. The van der Waals surface area contributed by atoms with Crippen LogP contribution in [0.2, 0.25) is 0 Å². The minimum absolute atomic E-state index is 0.0654. The van der Waals surface area contributed by atoms with Gasteiger partial charge in [0.1, 0.15) is 18.1 Å². The van der Waals surface area contributed by atoms with Crippen LogP contribution in [-0.4, -0.2) is 31.8 Å². The van der Waals surface area contributed by atoms with E-state index in [1.54, 1.807) is 43.5 Å². The molecule has 1 heterocycles. The Morgan fingerprint density at radius 3 is 2.35 bits per heavy atom. The van der Waals surface area contributed by atoms with Gasteiger partial charge in [-0.05, 0) is 30.3 Å². The lowest BCUT2D eigenvalue weighted by atomic mass is 10.0. The molecule has 2 aromatic carbocycles. The number of benzene rings is 2. The standard InChI is InChI=1S/C17H18N2O4/c1-21-12-7-9-13(10-8-12)23-11-17(18)15-6-4-3-5-14(15)16(20)19(17)22-2/h3-10H,11,18H2,1-2H3. The van der Waals surface area contributed by atoms with E-state index in [2.05, 4.69) is 0 Å². The molecule has 0 aromatic heterocycles. The number of ether oxygens (including phenoxy) is 2. The van der Waals surface area contributed by atoms with Crippen LogP contribution >= 0.6 is 0 Å². The van der Waals surface area contributed by atoms with Crippen LogP contribution < -0.4 is 15.2 Å². The molecule has 6 nitrogen and oxygen atoms in total. The van der Waals surface area contributed by atoms with Gasteiger partial charge in [0.2, 0.25) is 0 Å². The number of hydrogen-bond donors (Lipinski definition) is 1.